The van der Waals surface area contributed by atoms with E-state index >= 15 is 0 Å². The van der Waals surface area contributed by atoms with Crippen molar-refractivity contribution in [2.24, 2.45) is 22.7 Å². The first-order valence-electron chi connectivity index (χ1n) is 17.5. The minimum absolute atomic E-state index is 0.262. The largest absolute Gasteiger partial charge is 0.446 e. The number of carbonyl (C=O) groups is 1. The average Bonchev–Trinajstić information content (AvgIpc) is 2.94. The van der Waals surface area contributed by atoms with Crippen LogP contribution >= 0.6 is 0 Å². The zero-order chi connectivity index (χ0) is 32.2. The van der Waals surface area contributed by atoms with E-state index in [4.69, 9.17) is 9.47 Å². The summed E-state index contributed by atoms with van der Waals surface area (Å²) in [6.45, 7) is 15.6. The first-order valence-corrected chi connectivity index (χ1v) is 17.5. The molecule has 6 atom stereocenters. The molecule has 2 unspecified atom stereocenters. The molecule has 8 nitrogen and oxygen atoms in total. The van der Waals surface area contributed by atoms with E-state index in [1.807, 2.05) is 6.92 Å². The molecule has 0 aromatic carbocycles. The second-order valence-electron chi connectivity index (χ2n) is 15.5. The lowest BCUT2D eigenvalue weighted by Crippen LogP contribution is -2.64. The van der Waals surface area contributed by atoms with Gasteiger partial charge in [0.15, 0.2) is 6.23 Å². The highest BCUT2D eigenvalue weighted by atomic mass is 16.6. The summed E-state index contributed by atoms with van der Waals surface area (Å²) in [7, 11) is 0. The Morgan fingerprint density at radius 1 is 0.837 bits per heavy atom. The van der Waals surface area contributed by atoms with Crippen molar-refractivity contribution < 1.29 is 34.7 Å². The number of aliphatic hydroxyl groups is 4. The Kier molecular flexibility index (Phi) is 16.3. The molecule has 4 N–H and O–H groups in total. The van der Waals surface area contributed by atoms with Gasteiger partial charge in [-0.3, -0.25) is 4.90 Å². The molecular formula is C35H67NO7. The fourth-order valence-corrected chi connectivity index (χ4v) is 7.64. The van der Waals surface area contributed by atoms with E-state index in [0.717, 1.165) is 44.9 Å². The van der Waals surface area contributed by atoms with Crippen LogP contribution in [-0.2, 0) is 9.47 Å². The second kappa shape index (κ2) is 18.3. The Hall–Kier alpha value is -0.930. The van der Waals surface area contributed by atoms with Gasteiger partial charge in [-0.15, -0.1) is 0 Å². The minimum atomic E-state index is -1.54. The fourth-order valence-electron chi connectivity index (χ4n) is 7.64. The van der Waals surface area contributed by atoms with Crippen LogP contribution in [0.3, 0.4) is 0 Å². The molecule has 1 saturated carbocycles. The van der Waals surface area contributed by atoms with Crippen LogP contribution in [0, 0.1) is 22.7 Å². The zero-order valence-corrected chi connectivity index (χ0v) is 28.6. The molecule has 0 radical (unpaired) electrons. The van der Waals surface area contributed by atoms with Gasteiger partial charge in [-0.2, -0.15) is 0 Å². The van der Waals surface area contributed by atoms with Gasteiger partial charge in [0.25, 0.3) is 0 Å². The van der Waals surface area contributed by atoms with Gasteiger partial charge in [0.1, 0.15) is 30.5 Å². The number of nitrogens with zero attached hydrogens (tertiary/aromatic N) is 1. The Morgan fingerprint density at radius 2 is 1.37 bits per heavy atom. The van der Waals surface area contributed by atoms with Gasteiger partial charge in [0.2, 0.25) is 0 Å². The van der Waals surface area contributed by atoms with Crippen molar-refractivity contribution in [2.75, 3.05) is 13.2 Å². The van der Waals surface area contributed by atoms with Gasteiger partial charge in [0, 0.05) is 6.54 Å². The van der Waals surface area contributed by atoms with E-state index in [1.165, 1.54) is 49.8 Å². The number of ether oxygens (including phenoxy) is 2. The third-order valence-electron chi connectivity index (χ3n) is 9.97. The van der Waals surface area contributed by atoms with Crippen molar-refractivity contribution in [2.45, 2.75) is 182 Å². The van der Waals surface area contributed by atoms with Crippen LogP contribution in [0.5, 0.6) is 0 Å². The molecule has 0 aromatic heterocycles. The van der Waals surface area contributed by atoms with Crippen LogP contribution in [0.2, 0.25) is 0 Å². The summed E-state index contributed by atoms with van der Waals surface area (Å²) in [6.07, 6.45) is 9.24. The number of carbonyl (C=O) groups excluding carboxylic acids is 1. The molecule has 0 aromatic rings. The first-order chi connectivity index (χ1) is 20.2. The molecule has 43 heavy (non-hydrogen) atoms. The van der Waals surface area contributed by atoms with E-state index in [2.05, 4.69) is 41.5 Å². The highest BCUT2D eigenvalue weighted by Crippen LogP contribution is 2.47. The van der Waals surface area contributed by atoms with Crippen LogP contribution in [0.1, 0.15) is 145 Å². The van der Waals surface area contributed by atoms with E-state index < -0.39 is 43.3 Å². The van der Waals surface area contributed by atoms with Crippen molar-refractivity contribution in [1.29, 1.82) is 0 Å². The molecule has 8 heteroatoms. The maximum atomic E-state index is 13.6. The van der Waals surface area contributed by atoms with Gasteiger partial charge in [-0.1, -0.05) is 99.3 Å². The summed E-state index contributed by atoms with van der Waals surface area (Å²) in [5.74, 6) is 0.910. The molecule has 2 rings (SSSR count). The lowest BCUT2D eigenvalue weighted by molar-refractivity contribution is -0.260. The highest BCUT2D eigenvalue weighted by Gasteiger charge is 2.47. The van der Waals surface area contributed by atoms with Gasteiger partial charge in [0.05, 0.1) is 6.61 Å². The maximum absolute atomic E-state index is 13.6. The lowest BCUT2D eigenvalue weighted by atomic mass is 9.63. The summed E-state index contributed by atoms with van der Waals surface area (Å²) < 4.78 is 11.8. The molecule has 2 fully saturated rings. The number of unbranched alkanes of at least 4 members (excludes halogenated alkanes) is 9. The highest BCUT2D eigenvalue weighted by molar-refractivity contribution is 5.68. The summed E-state index contributed by atoms with van der Waals surface area (Å²) in [6, 6.07) is 0. The van der Waals surface area contributed by atoms with E-state index in [0.29, 0.717) is 18.9 Å². The average molecular weight is 614 g/mol. The van der Waals surface area contributed by atoms with Crippen LogP contribution < -0.4 is 0 Å². The summed E-state index contributed by atoms with van der Waals surface area (Å²) in [5, 5.41) is 41.2. The predicted molar refractivity (Wildman–Crippen MR) is 172 cm³/mol. The number of hydrogen-bond donors (Lipinski definition) is 4. The number of aliphatic hydroxyl groups excluding tert-OH is 4. The zero-order valence-electron chi connectivity index (χ0n) is 28.6. The van der Waals surface area contributed by atoms with Crippen LogP contribution in [0.15, 0.2) is 0 Å². The van der Waals surface area contributed by atoms with Gasteiger partial charge < -0.3 is 29.9 Å². The molecule has 0 spiro atoms. The Bertz CT molecular complexity index is 775. The minimum Gasteiger partial charge on any atom is -0.446 e. The Morgan fingerprint density at radius 3 is 1.88 bits per heavy atom. The molecule has 1 heterocycles. The summed E-state index contributed by atoms with van der Waals surface area (Å²) in [4.78, 5) is 15.0. The van der Waals surface area contributed by atoms with E-state index in [1.54, 1.807) is 0 Å². The van der Waals surface area contributed by atoms with Crippen LogP contribution in [0.25, 0.3) is 0 Å². The normalized spacial score (nSPS) is 29.3. The van der Waals surface area contributed by atoms with Crippen LogP contribution in [0.4, 0.5) is 4.79 Å². The molecule has 0 bridgehead atoms. The van der Waals surface area contributed by atoms with Crippen molar-refractivity contribution in [3.05, 3.63) is 0 Å². The molecule has 254 valence electrons. The first kappa shape index (κ1) is 38.3. The molecule has 1 aliphatic carbocycles. The molecule has 1 saturated heterocycles. The Labute approximate surface area is 262 Å². The number of hydrogen-bond acceptors (Lipinski definition) is 7. The third-order valence-corrected chi connectivity index (χ3v) is 9.97. The van der Waals surface area contributed by atoms with Crippen LogP contribution in [-0.4, -0.2) is 81.3 Å². The Balaban J connectivity index is 1.97. The molecular weight excluding hydrogens is 546 g/mol. The van der Waals surface area contributed by atoms with Gasteiger partial charge in [-0.25, -0.2) is 4.79 Å². The van der Waals surface area contributed by atoms with E-state index in [-0.39, 0.29) is 22.9 Å². The number of rotatable bonds is 17. The number of amides is 1. The summed E-state index contributed by atoms with van der Waals surface area (Å²) >= 11 is 0. The van der Waals surface area contributed by atoms with E-state index in [9.17, 15) is 25.2 Å². The fraction of sp³-hybridized carbons (Fsp3) is 0.971. The van der Waals surface area contributed by atoms with Crippen molar-refractivity contribution in [1.82, 2.24) is 4.90 Å². The van der Waals surface area contributed by atoms with Crippen molar-refractivity contribution in [3.63, 3.8) is 0 Å². The topological polar surface area (TPSA) is 120 Å². The predicted octanol–water partition coefficient (Wildman–Crippen LogP) is 6.80. The quantitative estimate of drug-likeness (QED) is 0.133. The SMILES string of the molecule is CCCCCCCCCCCCN(C(=O)OC(C)C1CCC(C(C)(C)CC(C)(C)C)CC1)C1O[C@H](CO)[C@@H](O)[C@H](O)[C@H]1O. The third kappa shape index (κ3) is 12.4. The lowest BCUT2D eigenvalue weighted by Gasteiger charge is -2.45. The molecule has 2 aliphatic rings. The smallest absolute Gasteiger partial charge is 0.412 e. The van der Waals surface area contributed by atoms with Crippen molar-refractivity contribution in [3.8, 4) is 0 Å². The monoisotopic (exact) mass is 613 g/mol. The molecule has 1 amide bonds. The van der Waals surface area contributed by atoms with Gasteiger partial charge in [-0.05, 0) is 68.1 Å². The second-order valence-corrected chi connectivity index (χ2v) is 15.5. The molecule has 1 aliphatic heterocycles. The van der Waals surface area contributed by atoms with Crippen molar-refractivity contribution >= 4 is 6.09 Å². The van der Waals surface area contributed by atoms with Gasteiger partial charge >= 0.3 is 6.09 Å². The summed E-state index contributed by atoms with van der Waals surface area (Å²) in [5.41, 5.74) is 0.545. The maximum Gasteiger partial charge on any atom is 0.412 e. The standard InChI is InChI=1S/C35H67NO7/c1-8-9-10-11-12-13-14-15-16-17-22-36(32-31(40)30(39)29(38)28(23-37)43-32)33(41)42-25(2)26-18-20-27(21-19-26)35(6,7)24-34(3,4)5/h25-32,37-40H,8-24H2,1-7H3/t25?,26?,27?,28-,29-,30+,31-,32?/m1/s1.